The Labute approximate surface area is 128 Å². The van der Waals surface area contributed by atoms with Crippen molar-refractivity contribution in [3.8, 4) is 5.75 Å². The lowest BCUT2D eigenvalue weighted by molar-refractivity contribution is 0.411. The van der Waals surface area contributed by atoms with Gasteiger partial charge in [-0.15, -0.1) is 0 Å². The van der Waals surface area contributed by atoms with Gasteiger partial charge in [0.1, 0.15) is 11.6 Å². The molecule has 0 atom stereocenters. The minimum Gasteiger partial charge on any atom is -0.496 e. The van der Waals surface area contributed by atoms with Gasteiger partial charge in [-0.1, -0.05) is 0 Å². The maximum absolute atomic E-state index is 5.40. The summed E-state index contributed by atoms with van der Waals surface area (Å²) in [6.45, 7) is 8.22. The first-order valence-electron chi connectivity index (χ1n) is 6.49. The maximum Gasteiger partial charge on any atom is 0.130 e. The van der Waals surface area contributed by atoms with Gasteiger partial charge in [-0.05, 0) is 78.5 Å². The van der Waals surface area contributed by atoms with Crippen LogP contribution in [0, 0.1) is 27.7 Å². The van der Waals surface area contributed by atoms with Crippen LogP contribution >= 0.6 is 15.9 Å². The third kappa shape index (κ3) is 2.80. The molecule has 0 radical (unpaired) electrons. The second kappa shape index (κ2) is 5.83. The lowest BCUT2D eigenvalue weighted by Gasteiger charge is -2.17. The van der Waals surface area contributed by atoms with Gasteiger partial charge in [0.15, 0.2) is 0 Å². The van der Waals surface area contributed by atoms with Gasteiger partial charge in [-0.3, -0.25) is 0 Å². The summed E-state index contributed by atoms with van der Waals surface area (Å²) in [7, 11) is 1.70. The average Bonchev–Trinajstić information content (AvgIpc) is 2.42. The number of methoxy groups -OCH3 is 1. The number of hydrogen-bond donors (Lipinski definition) is 1. The van der Waals surface area contributed by atoms with E-state index in [2.05, 4.69) is 53.1 Å². The van der Waals surface area contributed by atoms with Crippen molar-refractivity contribution in [2.24, 2.45) is 0 Å². The highest BCUT2D eigenvalue weighted by Crippen LogP contribution is 2.33. The number of anilines is 2. The predicted molar refractivity (Wildman–Crippen MR) is 87.2 cm³/mol. The number of hydrogen-bond acceptors (Lipinski definition) is 3. The molecular weight excluding hydrogens is 316 g/mol. The van der Waals surface area contributed by atoms with Crippen molar-refractivity contribution >= 4 is 27.4 Å². The number of rotatable bonds is 3. The molecule has 0 fully saturated rings. The number of halogens is 1. The second-order valence-electron chi connectivity index (χ2n) is 4.91. The normalized spacial score (nSPS) is 10.5. The Kier molecular flexibility index (Phi) is 4.33. The average molecular weight is 335 g/mol. The number of nitrogens with zero attached hydrogens (tertiary/aromatic N) is 1. The molecule has 1 heterocycles. The van der Waals surface area contributed by atoms with E-state index in [-0.39, 0.29) is 0 Å². The fourth-order valence-corrected chi connectivity index (χ4v) is 2.41. The molecule has 0 amide bonds. The summed E-state index contributed by atoms with van der Waals surface area (Å²) in [6.07, 6.45) is 0. The van der Waals surface area contributed by atoms with E-state index in [4.69, 9.17) is 4.74 Å². The Hall–Kier alpha value is -1.55. The van der Waals surface area contributed by atoms with E-state index < -0.39 is 0 Å². The molecule has 0 spiro atoms. The van der Waals surface area contributed by atoms with Gasteiger partial charge < -0.3 is 10.1 Å². The molecule has 2 rings (SSSR count). The number of pyridine rings is 1. The van der Waals surface area contributed by atoms with E-state index in [0.29, 0.717) is 0 Å². The number of benzene rings is 1. The van der Waals surface area contributed by atoms with Crippen molar-refractivity contribution < 1.29 is 4.74 Å². The first-order valence-corrected chi connectivity index (χ1v) is 7.28. The predicted octanol–water partition coefficient (Wildman–Crippen LogP) is 4.83. The van der Waals surface area contributed by atoms with Crippen molar-refractivity contribution in [3.05, 3.63) is 45.1 Å². The fraction of sp³-hybridized carbons (Fsp3) is 0.312. The zero-order valence-corrected chi connectivity index (χ0v) is 14.1. The van der Waals surface area contributed by atoms with Gasteiger partial charge in [0.05, 0.1) is 12.8 Å². The summed E-state index contributed by atoms with van der Waals surface area (Å²) in [5, 5.41) is 3.41. The molecule has 106 valence electrons. The highest BCUT2D eigenvalue weighted by Gasteiger charge is 2.11. The maximum atomic E-state index is 5.40. The van der Waals surface area contributed by atoms with Crippen LogP contribution in [0.2, 0.25) is 0 Å². The van der Waals surface area contributed by atoms with E-state index in [1.807, 2.05) is 19.1 Å². The van der Waals surface area contributed by atoms with Crippen molar-refractivity contribution in [1.82, 2.24) is 4.98 Å². The standard InChI is InChI=1S/C16H19BrN2O/c1-9-8-14(20-5)10(2)11(3)16(9)19-15-7-6-13(17)12(4)18-15/h6-8H,1-5H3,(H,18,19). The molecule has 20 heavy (non-hydrogen) atoms. The van der Waals surface area contributed by atoms with Gasteiger partial charge in [0, 0.05) is 10.2 Å². The largest absolute Gasteiger partial charge is 0.496 e. The van der Waals surface area contributed by atoms with Crippen molar-refractivity contribution in [1.29, 1.82) is 0 Å². The molecule has 1 aromatic carbocycles. The lowest BCUT2D eigenvalue weighted by Crippen LogP contribution is -2.02. The Morgan fingerprint density at radius 3 is 2.40 bits per heavy atom. The first-order chi connectivity index (χ1) is 9.43. The quantitative estimate of drug-likeness (QED) is 0.872. The van der Waals surface area contributed by atoms with Gasteiger partial charge in [-0.25, -0.2) is 4.98 Å². The van der Waals surface area contributed by atoms with Gasteiger partial charge in [-0.2, -0.15) is 0 Å². The third-order valence-corrected chi connectivity index (χ3v) is 4.38. The van der Waals surface area contributed by atoms with Crippen LogP contribution < -0.4 is 10.1 Å². The summed E-state index contributed by atoms with van der Waals surface area (Å²) in [5.41, 5.74) is 5.54. The second-order valence-corrected chi connectivity index (χ2v) is 5.76. The molecule has 3 nitrogen and oxygen atoms in total. The Balaban J connectivity index is 2.43. The molecule has 0 saturated heterocycles. The Morgan fingerprint density at radius 1 is 1.10 bits per heavy atom. The van der Waals surface area contributed by atoms with E-state index in [0.717, 1.165) is 38.5 Å². The molecule has 0 unspecified atom stereocenters. The van der Waals surface area contributed by atoms with E-state index in [9.17, 15) is 0 Å². The molecule has 1 aromatic heterocycles. The third-order valence-electron chi connectivity index (χ3n) is 3.54. The molecule has 0 saturated carbocycles. The van der Waals surface area contributed by atoms with Gasteiger partial charge >= 0.3 is 0 Å². The van der Waals surface area contributed by atoms with Crippen LogP contribution in [0.3, 0.4) is 0 Å². The summed E-state index contributed by atoms with van der Waals surface area (Å²) >= 11 is 3.47. The molecule has 0 bridgehead atoms. The Bertz CT molecular complexity index is 653. The van der Waals surface area contributed by atoms with Crippen LogP contribution in [-0.2, 0) is 0 Å². The SMILES string of the molecule is COc1cc(C)c(Nc2ccc(Br)c(C)n2)c(C)c1C. The molecule has 0 aliphatic carbocycles. The summed E-state index contributed by atoms with van der Waals surface area (Å²) < 4.78 is 6.41. The zero-order chi connectivity index (χ0) is 14.9. The summed E-state index contributed by atoms with van der Waals surface area (Å²) in [4.78, 5) is 4.53. The van der Waals surface area contributed by atoms with E-state index in [1.54, 1.807) is 7.11 Å². The van der Waals surface area contributed by atoms with Crippen LogP contribution in [0.15, 0.2) is 22.7 Å². The molecule has 1 N–H and O–H groups in total. The monoisotopic (exact) mass is 334 g/mol. The highest BCUT2D eigenvalue weighted by atomic mass is 79.9. The zero-order valence-electron chi connectivity index (χ0n) is 12.5. The minimum atomic E-state index is 0.849. The fourth-order valence-electron chi connectivity index (χ4n) is 2.19. The summed E-state index contributed by atoms with van der Waals surface area (Å²) in [5.74, 6) is 1.77. The number of ether oxygens (including phenoxy) is 1. The molecule has 0 aliphatic heterocycles. The van der Waals surface area contributed by atoms with Crippen LogP contribution in [-0.4, -0.2) is 12.1 Å². The summed E-state index contributed by atoms with van der Waals surface area (Å²) in [6, 6.07) is 6.03. The molecule has 2 aromatic rings. The van der Waals surface area contributed by atoms with Gasteiger partial charge in [0.2, 0.25) is 0 Å². The minimum absolute atomic E-state index is 0.849. The van der Waals surface area contributed by atoms with E-state index >= 15 is 0 Å². The number of aryl methyl sites for hydroxylation is 2. The highest BCUT2D eigenvalue weighted by molar-refractivity contribution is 9.10. The van der Waals surface area contributed by atoms with Crippen molar-refractivity contribution in [3.63, 3.8) is 0 Å². The van der Waals surface area contributed by atoms with Crippen LogP contribution in [0.1, 0.15) is 22.4 Å². The van der Waals surface area contributed by atoms with Crippen LogP contribution in [0.25, 0.3) is 0 Å². The molecular formula is C16H19BrN2O. The topological polar surface area (TPSA) is 34.1 Å². The first kappa shape index (κ1) is 14.9. The van der Waals surface area contributed by atoms with Crippen molar-refractivity contribution in [2.75, 3.05) is 12.4 Å². The molecule has 4 heteroatoms. The molecule has 0 aliphatic rings. The van der Waals surface area contributed by atoms with Crippen LogP contribution in [0.5, 0.6) is 5.75 Å². The lowest BCUT2D eigenvalue weighted by atomic mass is 10.0. The van der Waals surface area contributed by atoms with Crippen molar-refractivity contribution in [2.45, 2.75) is 27.7 Å². The Morgan fingerprint density at radius 2 is 1.80 bits per heavy atom. The smallest absolute Gasteiger partial charge is 0.130 e. The van der Waals surface area contributed by atoms with Crippen LogP contribution in [0.4, 0.5) is 11.5 Å². The van der Waals surface area contributed by atoms with E-state index in [1.165, 1.54) is 5.56 Å². The number of aromatic nitrogens is 1. The van der Waals surface area contributed by atoms with Gasteiger partial charge in [0.25, 0.3) is 0 Å². The number of nitrogens with one attached hydrogen (secondary N) is 1.